The molecule has 1 aliphatic rings. The number of ketones is 1. The fraction of sp³-hybridized carbons (Fsp3) is 0.769. The van der Waals surface area contributed by atoms with Gasteiger partial charge in [-0.25, -0.2) is 0 Å². The summed E-state index contributed by atoms with van der Waals surface area (Å²) in [6.45, 7) is 4.22. The summed E-state index contributed by atoms with van der Waals surface area (Å²) in [4.78, 5) is 11.8. The molecular formula is C13H22O. The lowest BCUT2D eigenvalue weighted by Crippen LogP contribution is -2.13. The van der Waals surface area contributed by atoms with Gasteiger partial charge >= 0.3 is 0 Å². The van der Waals surface area contributed by atoms with E-state index < -0.39 is 0 Å². The van der Waals surface area contributed by atoms with Gasteiger partial charge < -0.3 is 0 Å². The van der Waals surface area contributed by atoms with Gasteiger partial charge in [-0.05, 0) is 38.5 Å². The van der Waals surface area contributed by atoms with Gasteiger partial charge in [-0.1, -0.05) is 25.5 Å². The minimum absolute atomic E-state index is 0.304. The molecule has 0 aromatic rings. The monoisotopic (exact) mass is 194 g/mol. The van der Waals surface area contributed by atoms with Crippen molar-refractivity contribution in [3.63, 3.8) is 0 Å². The third-order valence-corrected chi connectivity index (χ3v) is 3.23. The van der Waals surface area contributed by atoms with Gasteiger partial charge in [0.25, 0.3) is 0 Å². The van der Waals surface area contributed by atoms with Crippen molar-refractivity contribution in [2.45, 2.75) is 58.8 Å². The van der Waals surface area contributed by atoms with E-state index in [0.29, 0.717) is 11.7 Å². The van der Waals surface area contributed by atoms with Crippen molar-refractivity contribution in [1.29, 1.82) is 0 Å². The first-order valence-corrected chi connectivity index (χ1v) is 5.98. The molecule has 0 bridgehead atoms. The first-order valence-electron chi connectivity index (χ1n) is 5.98. The highest BCUT2D eigenvalue weighted by atomic mass is 16.1. The van der Waals surface area contributed by atoms with Gasteiger partial charge in [0.2, 0.25) is 0 Å². The molecule has 0 aromatic heterocycles. The summed E-state index contributed by atoms with van der Waals surface area (Å²) in [6, 6.07) is 0. The zero-order chi connectivity index (χ0) is 10.4. The van der Waals surface area contributed by atoms with Gasteiger partial charge in [0.15, 0.2) is 0 Å². The first kappa shape index (κ1) is 11.5. The van der Waals surface area contributed by atoms with Gasteiger partial charge in [-0.15, -0.1) is 0 Å². The van der Waals surface area contributed by atoms with Crippen LogP contribution in [0.4, 0.5) is 0 Å². The van der Waals surface area contributed by atoms with Crippen molar-refractivity contribution in [2.24, 2.45) is 5.92 Å². The van der Waals surface area contributed by atoms with Crippen LogP contribution in [0.1, 0.15) is 58.8 Å². The zero-order valence-electron chi connectivity index (χ0n) is 9.51. The highest BCUT2D eigenvalue weighted by Crippen LogP contribution is 2.23. The number of hydrogen-bond donors (Lipinski definition) is 0. The fourth-order valence-electron chi connectivity index (χ4n) is 2.18. The number of Topliss-reactive ketones (excluding diaryl/α,β-unsaturated/α-hetero) is 1. The molecule has 0 radical (unpaired) electrons. The van der Waals surface area contributed by atoms with Crippen molar-refractivity contribution < 1.29 is 4.79 Å². The minimum atomic E-state index is 0.304. The summed E-state index contributed by atoms with van der Waals surface area (Å²) >= 11 is 0. The summed E-state index contributed by atoms with van der Waals surface area (Å²) in [5.41, 5.74) is 1.40. The lowest BCUT2D eigenvalue weighted by Gasteiger charge is -2.15. The van der Waals surface area contributed by atoms with Crippen molar-refractivity contribution in [2.75, 3.05) is 0 Å². The Kier molecular flexibility index (Phi) is 4.92. The molecule has 1 rings (SSSR count). The Labute approximate surface area is 87.6 Å². The SMILES string of the molecule is CCC(CC)C(=O)CC1=CCCCC1. The van der Waals surface area contributed by atoms with E-state index in [1.54, 1.807) is 0 Å². The molecule has 14 heavy (non-hydrogen) atoms. The van der Waals surface area contributed by atoms with Crippen LogP contribution in [0.3, 0.4) is 0 Å². The van der Waals surface area contributed by atoms with Crippen LogP contribution in [0.2, 0.25) is 0 Å². The van der Waals surface area contributed by atoms with Gasteiger partial charge in [0.1, 0.15) is 5.78 Å². The molecule has 0 N–H and O–H groups in total. The summed E-state index contributed by atoms with van der Waals surface area (Å²) in [5, 5.41) is 0. The largest absolute Gasteiger partial charge is 0.299 e. The smallest absolute Gasteiger partial charge is 0.139 e. The van der Waals surface area contributed by atoms with E-state index in [-0.39, 0.29) is 0 Å². The number of carbonyl (C=O) groups is 1. The predicted molar refractivity (Wildman–Crippen MR) is 60.2 cm³/mol. The maximum absolute atomic E-state index is 11.8. The lowest BCUT2D eigenvalue weighted by atomic mass is 9.89. The quantitative estimate of drug-likeness (QED) is 0.607. The van der Waals surface area contributed by atoms with E-state index in [9.17, 15) is 4.79 Å². The van der Waals surface area contributed by atoms with E-state index in [2.05, 4.69) is 19.9 Å². The molecule has 0 saturated carbocycles. The van der Waals surface area contributed by atoms with Crippen LogP contribution in [0.5, 0.6) is 0 Å². The van der Waals surface area contributed by atoms with Crippen LogP contribution in [0.25, 0.3) is 0 Å². The van der Waals surface area contributed by atoms with Crippen molar-refractivity contribution in [3.8, 4) is 0 Å². The second-order valence-corrected chi connectivity index (χ2v) is 4.26. The summed E-state index contributed by atoms with van der Waals surface area (Å²) < 4.78 is 0. The van der Waals surface area contributed by atoms with Crippen LogP contribution in [-0.2, 0) is 4.79 Å². The molecule has 0 spiro atoms. The van der Waals surface area contributed by atoms with E-state index in [1.165, 1.54) is 24.8 Å². The highest BCUT2D eigenvalue weighted by molar-refractivity contribution is 5.83. The van der Waals surface area contributed by atoms with E-state index in [1.807, 2.05) is 0 Å². The standard InChI is InChI=1S/C13H22O/c1-3-12(4-2)13(14)10-11-8-6-5-7-9-11/h8,12H,3-7,9-10H2,1-2H3. The van der Waals surface area contributed by atoms with E-state index >= 15 is 0 Å². The second-order valence-electron chi connectivity index (χ2n) is 4.26. The number of carbonyl (C=O) groups excluding carboxylic acids is 1. The molecular weight excluding hydrogens is 172 g/mol. The van der Waals surface area contributed by atoms with Crippen LogP contribution in [-0.4, -0.2) is 5.78 Å². The highest BCUT2D eigenvalue weighted by Gasteiger charge is 2.16. The maximum atomic E-state index is 11.8. The third kappa shape index (κ3) is 3.28. The van der Waals surface area contributed by atoms with Gasteiger partial charge in [0, 0.05) is 12.3 Å². The van der Waals surface area contributed by atoms with Crippen LogP contribution >= 0.6 is 0 Å². The molecule has 0 aliphatic heterocycles. The second kappa shape index (κ2) is 6.00. The predicted octanol–water partition coefficient (Wildman–Crippen LogP) is 3.88. The zero-order valence-corrected chi connectivity index (χ0v) is 9.51. The van der Waals surface area contributed by atoms with Gasteiger partial charge in [-0.2, -0.15) is 0 Å². The number of hydrogen-bond acceptors (Lipinski definition) is 1. The average molecular weight is 194 g/mol. The Morgan fingerprint density at radius 2 is 2.07 bits per heavy atom. The van der Waals surface area contributed by atoms with Crippen molar-refractivity contribution in [3.05, 3.63) is 11.6 Å². The summed E-state index contributed by atoms with van der Waals surface area (Å²) in [6.07, 6.45) is 9.95. The van der Waals surface area contributed by atoms with Crippen LogP contribution < -0.4 is 0 Å². The molecule has 1 heteroatoms. The lowest BCUT2D eigenvalue weighted by molar-refractivity contribution is -0.122. The van der Waals surface area contributed by atoms with Crippen molar-refractivity contribution >= 4 is 5.78 Å². The molecule has 80 valence electrons. The molecule has 0 saturated heterocycles. The summed E-state index contributed by atoms with van der Waals surface area (Å²) in [7, 11) is 0. The topological polar surface area (TPSA) is 17.1 Å². The Hall–Kier alpha value is -0.590. The molecule has 1 nitrogen and oxygen atoms in total. The van der Waals surface area contributed by atoms with Gasteiger partial charge in [-0.3, -0.25) is 4.79 Å². The average Bonchev–Trinajstić information content (AvgIpc) is 2.21. The molecule has 0 heterocycles. The molecule has 1 aliphatic carbocycles. The summed E-state index contributed by atoms with van der Waals surface area (Å²) in [5.74, 6) is 0.765. The molecule has 0 atom stereocenters. The van der Waals surface area contributed by atoms with Gasteiger partial charge in [0.05, 0.1) is 0 Å². The van der Waals surface area contributed by atoms with Crippen molar-refractivity contribution in [1.82, 2.24) is 0 Å². The van der Waals surface area contributed by atoms with E-state index in [4.69, 9.17) is 0 Å². The first-order chi connectivity index (χ1) is 6.77. The molecule has 0 amide bonds. The van der Waals surface area contributed by atoms with E-state index in [0.717, 1.165) is 25.7 Å². The minimum Gasteiger partial charge on any atom is -0.299 e. The molecule has 0 unspecified atom stereocenters. The number of rotatable bonds is 5. The Balaban J connectivity index is 2.42. The van der Waals surface area contributed by atoms with Crippen LogP contribution in [0, 0.1) is 5.92 Å². The number of allylic oxidation sites excluding steroid dienone is 2. The third-order valence-electron chi connectivity index (χ3n) is 3.23. The fourth-order valence-corrected chi connectivity index (χ4v) is 2.18. The Bertz CT molecular complexity index is 211. The Morgan fingerprint density at radius 1 is 1.36 bits per heavy atom. The van der Waals surface area contributed by atoms with Crippen LogP contribution in [0.15, 0.2) is 11.6 Å². The normalized spacial score (nSPS) is 16.9. The molecule has 0 aromatic carbocycles. The molecule has 0 fully saturated rings. The Morgan fingerprint density at radius 3 is 2.57 bits per heavy atom. The maximum Gasteiger partial charge on any atom is 0.139 e.